The van der Waals surface area contributed by atoms with Crippen LogP contribution in [0.15, 0.2) is 84.9 Å². The smallest absolute Gasteiger partial charge is 0.119 e. The summed E-state index contributed by atoms with van der Waals surface area (Å²) in [6.07, 6.45) is 0.911. The van der Waals surface area contributed by atoms with Crippen LogP contribution in [-0.2, 0) is 0 Å². The highest BCUT2D eigenvalue weighted by atomic mass is 35.5. The molecular weight excluding hydrogens is 378 g/mol. The molecule has 29 heavy (non-hydrogen) atoms. The van der Waals surface area contributed by atoms with Gasteiger partial charge in [-0.2, -0.15) is 0 Å². The van der Waals surface area contributed by atoms with Crippen LogP contribution in [-0.4, -0.2) is 32.1 Å². The molecule has 0 spiro atoms. The van der Waals surface area contributed by atoms with Crippen molar-refractivity contribution >= 4 is 23.6 Å². The minimum absolute atomic E-state index is 0. The molecule has 0 saturated heterocycles. The summed E-state index contributed by atoms with van der Waals surface area (Å²) in [5.74, 6) is 0.730. The lowest BCUT2D eigenvalue weighted by atomic mass is 9.88. The Kier molecular flexibility index (Phi) is 7.30. The fourth-order valence-corrected chi connectivity index (χ4v) is 3.30. The van der Waals surface area contributed by atoms with Crippen LogP contribution < -0.4 is 4.74 Å². The normalized spacial score (nSPS) is 13.6. The van der Waals surface area contributed by atoms with Gasteiger partial charge in [0.15, 0.2) is 0 Å². The molecule has 0 heterocycles. The molecule has 3 aromatic carbocycles. The first-order chi connectivity index (χ1) is 14.9. The van der Waals surface area contributed by atoms with Gasteiger partial charge in [0.25, 0.3) is 0 Å². The maximum Gasteiger partial charge on any atom is 0.119 e. The van der Waals surface area contributed by atoms with Gasteiger partial charge in [-0.3, -0.25) is 0 Å². The Hall–Kier alpha value is -2.55. The average Bonchev–Trinajstić information content (AvgIpc) is 2.78. The van der Waals surface area contributed by atoms with Gasteiger partial charge in [0.05, 0.1) is 0 Å². The maximum atomic E-state index is 7.41. The molecule has 0 unspecified atom stereocenters. The van der Waals surface area contributed by atoms with E-state index in [0.29, 0.717) is 13.2 Å². The average molecular weight is 411 g/mol. The zero-order chi connectivity index (χ0) is 22.3. The first-order valence-electron chi connectivity index (χ1n) is 11.2. The van der Waals surface area contributed by atoms with Gasteiger partial charge in [0.1, 0.15) is 12.4 Å². The number of nitrogens with zero attached hydrogens (tertiary/aromatic N) is 1. The second-order valence-corrected chi connectivity index (χ2v) is 6.73. The highest BCUT2D eigenvalue weighted by molar-refractivity contribution is 5.98. The molecule has 0 N–H and O–H groups in total. The fraction of sp³-hybridized carbons (Fsp3) is 0.231. The van der Waals surface area contributed by atoms with Crippen LogP contribution in [0.2, 0.25) is 0 Å². The highest BCUT2D eigenvalue weighted by Crippen LogP contribution is 2.34. The Bertz CT molecular complexity index is 987. The molecule has 3 rings (SSSR count). The fourth-order valence-electron chi connectivity index (χ4n) is 3.30. The van der Waals surface area contributed by atoms with Crippen molar-refractivity contribution in [3.63, 3.8) is 0 Å². The zero-order valence-electron chi connectivity index (χ0n) is 20.0. The molecule has 152 valence electrons. The minimum atomic E-state index is -2.10. The van der Waals surface area contributed by atoms with Crippen molar-refractivity contribution in [1.29, 1.82) is 0 Å². The predicted molar refractivity (Wildman–Crippen MR) is 127 cm³/mol. The largest absolute Gasteiger partial charge is 0.492 e. The Morgan fingerprint density at radius 1 is 0.828 bits per heavy atom. The van der Waals surface area contributed by atoms with Crippen molar-refractivity contribution in [1.82, 2.24) is 4.90 Å². The lowest BCUT2D eigenvalue weighted by Crippen LogP contribution is -2.19. The number of likely N-dealkylation sites (N-methyl/N-ethyl adjacent to an activating group) is 1. The SMILES string of the molecule is Cl.[2H]C([2H])([2H])N(C)CCOc1ccc(/C(=C(/CC)c2ccccc2)c2ccccc2)cc1. The lowest BCUT2D eigenvalue weighted by molar-refractivity contribution is 0.261. The summed E-state index contributed by atoms with van der Waals surface area (Å²) in [5, 5.41) is 0. The van der Waals surface area contributed by atoms with Crippen LogP contribution in [0.5, 0.6) is 5.75 Å². The highest BCUT2D eigenvalue weighted by Gasteiger charge is 2.12. The molecule has 0 bridgehead atoms. The number of rotatable bonds is 8. The number of hydrogen-bond donors (Lipinski definition) is 0. The third-order valence-corrected chi connectivity index (χ3v) is 4.68. The van der Waals surface area contributed by atoms with E-state index in [4.69, 9.17) is 8.85 Å². The van der Waals surface area contributed by atoms with Crippen LogP contribution in [0.1, 0.15) is 34.1 Å². The van der Waals surface area contributed by atoms with Gasteiger partial charge in [0, 0.05) is 10.7 Å². The summed E-state index contributed by atoms with van der Waals surface area (Å²) in [4.78, 5) is 1.31. The summed E-state index contributed by atoms with van der Waals surface area (Å²) in [7, 11) is 1.58. The van der Waals surface area contributed by atoms with Gasteiger partial charge in [0.2, 0.25) is 0 Å². The first kappa shape index (κ1) is 18.5. The summed E-state index contributed by atoms with van der Waals surface area (Å²) in [6.45, 7) is 0.738. The molecule has 0 atom stereocenters. The molecule has 0 aliphatic heterocycles. The molecule has 0 saturated carbocycles. The topological polar surface area (TPSA) is 12.5 Å². The van der Waals surface area contributed by atoms with Crippen molar-refractivity contribution in [3.8, 4) is 5.75 Å². The predicted octanol–water partition coefficient (Wildman–Crippen LogP) is 6.42. The number of allylic oxidation sites excluding steroid dienone is 1. The molecular formula is C26H30ClNO. The van der Waals surface area contributed by atoms with Gasteiger partial charge in [-0.25, -0.2) is 0 Å². The third-order valence-electron chi connectivity index (χ3n) is 4.68. The molecule has 3 aromatic rings. The van der Waals surface area contributed by atoms with Crippen LogP contribution in [0.4, 0.5) is 0 Å². The quantitative estimate of drug-likeness (QED) is 0.397. The van der Waals surface area contributed by atoms with E-state index in [-0.39, 0.29) is 12.4 Å². The molecule has 0 aliphatic carbocycles. The Morgan fingerprint density at radius 2 is 1.38 bits per heavy atom. The second kappa shape index (κ2) is 11.5. The molecule has 2 nitrogen and oxygen atoms in total. The van der Waals surface area contributed by atoms with E-state index in [9.17, 15) is 0 Å². The monoisotopic (exact) mass is 410 g/mol. The van der Waals surface area contributed by atoms with Gasteiger partial charge in [-0.1, -0.05) is 79.7 Å². The van der Waals surface area contributed by atoms with Crippen molar-refractivity contribution in [2.45, 2.75) is 13.3 Å². The maximum absolute atomic E-state index is 7.41. The number of halogens is 1. The van der Waals surface area contributed by atoms with Gasteiger partial charge in [-0.15, -0.1) is 12.4 Å². The van der Waals surface area contributed by atoms with E-state index >= 15 is 0 Å². The number of hydrogen-bond acceptors (Lipinski definition) is 2. The van der Waals surface area contributed by atoms with E-state index in [2.05, 4.69) is 67.6 Å². The first-order valence-corrected chi connectivity index (χ1v) is 9.68. The summed E-state index contributed by atoms with van der Waals surface area (Å²) in [6, 6.07) is 29.0. The molecule has 3 heteroatoms. The van der Waals surface area contributed by atoms with E-state index < -0.39 is 6.98 Å². The van der Waals surface area contributed by atoms with Crippen molar-refractivity contribution in [2.24, 2.45) is 0 Å². The van der Waals surface area contributed by atoms with Crippen LogP contribution >= 0.6 is 12.4 Å². The number of ether oxygens (including phenoxy) is 1. The van der Waals surface area contributed by atoms with Crippen molar-refractivity contribution < 1.29 is 8.85 Å². The standard InChI is InChI=1S/C26H29NO.ClH/c1-4-25(21-11-7-5-8-12-21)26(22-13-9-6-10-14-22)23-15-17-24(18-16-23)28-20-19-27(2)3;/h5-18H,4,19-20H2,1-3H3;1H/b26-25-;/i2D3;. The van der Waals surface area contributed by atoms with Crippen LogP contribution in [0.3, 0.4) is 0 Å². The summed E-state index contributed by atoms with van der Waals surface area (Å²) in [5.41, 5.74) is 6.02. The zero-order valence-corrected chi connectivity index (χ0v) is 17.8. The summed E-state index contributed by atoms with van der Waals surface area (Å²) >= 11 is 0. The van der Waals surface area contributed by atoms with Crippen molar-refractivity contribution in [3.05, 3.63) is 102 Å². The molecule has 0 aliphatic rings. The van der Waals surface area contributed by atoms with Gasteiger partial charge < -0.3 is 9.64 Å². The molecule has 0 amide bonds. The minimum Gasteiger partial charge on any atom is -0.492 e. The molecule has 0 fully saturated rings. The van der Waals surface area contributed by atoms with Gasteiger partial charge in [-0.05, 0) is 60.4 Å². The Morgan fingerprint density at radius 3 is 1.93 bits per heavy atom. The molecule has 0 aromatic heterocycles. The van der Waals surface area contributed by atoms with E-state index in [0.717, 1.165) is 17.7 Å². The van der Waals surface area contributed by atoms with E-state index in [1.165, 1.54) is 27.2 Å². The number of benzene rings is 3. The van der Waals surface area contributed by atoms with E-state index in [1.807, 2.05) is 24.3 Å². The Labute approximate surface area is 185 Å². The van der Waals surface area contributed by atoms with Gasteiger partial charge >= 0.3 is 0 Å². The summed E-state index contributed by atoms with van der Waals surface area (Å²) < 4.78 is 28.0. The third kappa shape index (κ3) is 6.22. The van der Waals surface area contributed by atoms with Crippen LogP contribution in [0.25, 0.3) is 11.1 Å². The van der Waals surface area contributed by atoms with Crippen LogP contribution in [0, 0.1) is 0 Å². The second-order valence-electron chi connectivity index (χ2n) is 6.73. The molecule has 0 radical (unpaired) electrons. The Balaban J connectivity index is 0.00000363. The lowest BCUT2D eigenvalue weighted by Gasteiger charge is -2.17. The van der Waals surface area contributed by atoms with Crippen molar-refractivity contribution in [2.75, 3.05) is 27.2 Å². The van der Waals surface area contributed by atoms with E-state index in [1.54, 1.807) is 7.05 Å².